The van der Waals surface area contributed by atoms with Gasteiger partial charge in [0.05, 0.1) is 26.5 Å². The highest BCUT2D eigenvalue weighted by Crippen LogP contribution is 2.35. The maximum Gasteiger partial charge on any atom is 0.331 e. The number of amides is 4. The van der Waals surface area contributed by atoms with Crippen LogP contribution in [0.4, 0.5) is 4.79 Å². The molecule has 28 heavy (non-hydrogen) atoms. The number of nitrogens with zero attached hydrogens (tertiary/aromatic N) is 1. The van der Waals surface area contributed by atoms with E-state index in [0.717, 1.165) is 4.90 Å². The van der Waals surface area contributed by atoms with Crippen molar-refractivity contribution in [3.63, 3.8) is 0 Å². The number of rotatable bonds is 6. The number of carbonyl (C=O) groups is 3. The quantitative estimate of drug-likeness (QED) is 0.538. The zero-order valence-corrected chi connectivity index (χ0v) is 16.7. The summed E-state index contributed by atoms with van der Waals surface area (Å²) < 4.78 is 16.6. The SMILES string of the molecule is CCOc1cc(C=C2C(=O)NC(=O)N(Cc3ccco3)C2=O)c(Br)cc1OC. The second-order valence-electron chi connectivity index (χ2n) is 5.75. The first-order valence-electron chi connectivity index (χ1n) is 8.36. The Balaban J connectivity index is 1.97. The van der Waals surface area contributed by atoms with Gasteiger partial charge in [-0.3, -0.25) is 19.8 Å². The number of nitrogens with one attached hydrogen (secondary N) is 1. The minimum atomic E-state index is -0.799. The molecule has 1 aliphatic rings. The van der Waals surface area contributed by atoms with Gasteiger partial charge in [0.1, 0.15) is 11.3 Å². The molecule has 0 radical (unpaired) electrons. The van der Waals surface area contributed by atoms with Gasteiger partial charge in [-0.2, -0.15) is 0 Å². The molecule has 3 rings (SSSR count). The van der Waals surface area contributed by atoms with E-state index in [-0.39, 0.29) is 12.1 Å². The minimum absolute atomic E-state index is 0.0870. The second kappa shape index (κ2) is 8.30. The molecule has 4 amide bonds. The third-order valence-electron chi connectivity index (χ3n) is 3.96. The number of furan rings is 1. The Morgan fingerprint density at radius 3 is 2.68 bits per heavy atom. The summed E-state index contributed by atoms with van der Waals surface area (Å²) in [4.78, 5) is 38.1. The fraction of sp³-hybridized carbons (Fsp3) is 0.211. The first-order chi connectivity index (χ1) is 13.4. The molecule has 0 aliphatic carbocycles. The Labute approximate surface area is 169 Å². The lowest BCUT2D eigenvalue weighted by molar-refractivity contribution is -0.130. The van der Waals surface area contributed by atoms with Gasteiger partial charge in [0.25, 0.3) is 11.8 Å². The van der Waals surface area contributed by atoms with Gasteiger partial charge in [0, 0.05) is 4.47 Å². The Hall–Kier alpha value is -3.07. The van der Waals surface area contributed by atoms with Crippen LogP contribution in [0.3, 0.4) is 0 Å². The van der Waals surface area contributed by atoms with Gasteiger partial charge < -0.3 is 13.9 Å². The van der Waals surface area contributed by atoms with Crippen LogP contribution in [0.5, 0.6) is 11.5 Å². The summed E-state index contributed by atoms with van der Waals surface area (Å²) in [6.45, 7) is 2.16. The summed E-state index contributed by atoms with van der Waals surface area (Å²) in [6.07, 6.45) is 2.83. The smallest absolute Gasteiger partial charge is 0.331 e. The molecule has 1 N–H and O–H groups in total. The summed E-state index contributed by atoms with van der Waals surface area (Å²) >= 11 is 3.40. The largest absolute Gasteiger partial charge is 0.493 e. The van der Waals surface area contributed by atoms with E-state index in [0.29, 0.717) is 33.9 Å². The van der Waals surface area contributed by atoms with E-state index in [4.69, 9.17) is 13.9 Å². The number of hydrogen-bond donors (Lipinski definition) is 1. The Kier molecular flexibility index (Phi) is 5.84. The first-order valence-corrected chi connectivity index (χ1v) is 9.15. The van der Waals surface area contributed by atoms with E-state index in [1.165, 1.54) is 19.4 Å². The fourth-order valence-corrected chi connectivity index (χ4v) is 3.08. The molecular weight excluding hydrogens is 432 g/mol. The van der Waals surface area contributed by atoms with Crippen LogP contribution in [0.2, 0.25) is 0 Å². The fourth-order valence-electron chi connectivity index (χ4n) is 2.64. The Bertz CT molecular complexity index is 952. The van der Waals surface area contributed by atoms with Crippen molar-refractivity contribution in [2.24, 2.45) is 0 Å². The lowest BCUT2D eigenvalue weighted by Gasteiger charge is -2.25. The van der Waals surface area contributed by atoms with E-state index >= 15 is 0 Å². The van der Waals surface area contributed by atoms with E-state index in [9.17, 15) is 14.4 Å². The number of benzene rings is 1. The molecule has 0 atom stereocenters. The third-order valence-corrected chi connectivity index (χ3v) is 4.65. The highest BCUT2D eigenvalue weighted by Gasteiger charge is 2.36. The normalized spacial score (nSPS) is 15.8. The predicted octanol–water partition coefficient (Wildman–Crippen LogP) is 3.11. The third kappa shape index (κ3) is 3.94. The van der Waals surface area contributed by atoms with E-state index in [1.54, 1.807) is 24.3 Å². The lowest BCUT2D eigenvalue weighted by atomic mass is 10.1. The summed E-state index contributed by atoms with van der Waals surface area (Å²) in [5.74, 6) is -0.101. The zero-order chi connectivity index (χ0) is 20.3. The van der Waals surface area contributed by atoms with Gasteiger partial charge >= 0.3 is 6.03 Å². The van der Waals surface area contributed by atoms with Crippen molar-refractivity contribution in [3.05, 3.63) is 51.9 Å². The number of urea groups is 1. The summed E-state index contributed by atoms with van der Waals surface area (Å²) in [5, 5.41) is 2.17. The number of halogens is 1. The average Bonchev–Trinajstić information content (AvgIpc) is 3.17. The molecule has 146 valence electrons. The molecule has 2 aromatic rings. The van der Waals surface area contributed by atoms with E-state index in [2.05, 4.69) is 21.2 Å². The molecule has 0 bridgehead atoms. The number of barbiturate groups is 1. The van der Waals surface area contributed by atoms with Crippen molar-refractivity contribution < 1.29 is 28.3 Å². The van der Waals surface area contributed by atoms with E-state index < -0.39 is 17.8 Å². The molecule has 0 saturated carbocycles. The molecule has 1 aromatic carbocycles. The minimum Gasteiger partial charge on any atom is -0.493 e. The molecule has 9 heteroatoms. The number of imide groups is 2. The van der Waals surface area contributed by atoms with Gasteiger partial charge in [-0.05, 0) is 42.8 Å². The Morgan fingerprint density at radius 2 is 2.04 bits per heavy atom. The summed E-state index contributed by atoms with van der Waals surface area (Å²) in [5.41, 5.74) is 0.342. The van der Waals surface area contributed by atoms with Gasteiger partial charge in [0.15, 0.2) is 11.5 Å². The molecule has 1 aliphatic heterocycles. The lowest BCUT2D eigenvalue weighted by Crippen LogP contribution is -2.53. The van der Waals surface area contributed by atoms with Crippen molar-refractivity contribution in [2.45, 2.75) is 13.5 Å². The van der Waals surface area contributed by atoms with Crippen LogP contribution in [0.15, 0.2) is 45.0 Å². The van der Waals surface area contributed by atoms with Crippen LogP contribution >= 0.6 is 15.9 Å². The molecular formula is C19H17BrN2O6. The Morgan fingerprint density at radius 1 is 1.25 bits per heavy atom. The maximum atomic E-state index is 12.8. The van der Waals surface area contributed by atoms with Crippen molar-refractivity contribution in [1.82, 2.24) is 10.2 Å². The number of methoxy groups -OCH3 is 1. The first kappa shape index (κ1) is 19.7. The highest BCUT2D eigenvalue weighted by atomic mass is 79.9. The van der Waals surface area contributed by atoms with Gasteiger partial charge in [-0.25, -0.2) is 4.79 Å². The van der Waals surface area contributed by atoms with Gasteiger partial charge in [-0.1, -0.05) is 15.9 Å². The van der Waals surface area contributed by atoms with Crippen LogP contribution in [0.25, 0.3) is 6.08 Å². The van der Waals surface area contributed by atoms with E-state index in [1.807, 2.05) is 6.92 Å². The number of ether oxygens (including phenoxy) is 2. The van der Waals surface area contributed by atoms with Crippen molar-refractivity contribution in [1.29, 1.82) is 0 Å². The van der Waals surface area contributed by atoms with Gasteiger partial charge in [-0.15, -0.1) is 0 Å². The highest BCUT2D eigenvalue weighted by molar-refractivity contribution is 9.10. The zero-order valence-electron chi connectivity index (χ0n) is 15.2. The predicted molar refractivity (Wildman–Crippen MR) is 103 cm³/mol. The van der Waals surface area contributed by atoms with Crippen LogP contribution < -0.4 is 14.8 Å². The molecule has 8 nitrogen and oxygen atoms in total. The molecule has 0 unspecified atom stereocenters. The number of carbonyl (C=O) groups excluding carboxylic acids is 3. The summed E-state index contributed by atoms with van der Waals surface area (Å²) in [7, 11) is 1.51. The molecule has 2 heterocycles. The molecule has 1 aromatic heterocycles. The van der Waals surface area contributed by atoms with Crippen LogP contribution in [0, 0.1) is 0 Å². The maximum absolute atomic E-state index is 12.8. The molecule has 1 fully saturated rings. The monoisotopic (exact) mass is 448 g/mol. The number of hydrogen-bond acceptors (Lipinski definition) is 6. The summed E-state index contributed by atoms with van der Waals surface area (Å²) in [6, 6.07) is 5.80. The standard InChI is InChI=1S/C19H17BrN2O6/c1-3-27-16-8-11(14(20)9-15(16)26-2)7-13-17(23)21-19(25)22(18(13)24)10-12-5-4-6-28-12/h4-9H,3,10H2,1-2H3,(H,21,23,25). The van der Waals surface area contributed by atoms with Crippen molar-refractivity contribution in [2.75, 3.05) is 13.7 Å². The van der Waals surface area contributed by atoms with Crippen LogP contribution in [-0.2, 0) is 16.1 Å². The molecule has 1 saturated heterocycles. The van der Waals surface area contributed by atoms with Gasteiger partial charge in [0.2, 0.25) is 0 Å². The average molecular weight is 449 g/mol. The van der Waals surface area contributed by atoms with Crippen LogP contribution in [-0.4, -0.2) is 36.5 Å². The second-order valence-corrected chi connectivity index (χ2v) is 6.60. The van der Waals surface area contributed by atoms with Crippen molar-refractivity contribution in [3.8, 4) is 11.5 Å². The van der Waals surface area contributed by atoms with Crippen molar-refractivity contribution >= 4 is 39.9 Å². The topological polar surface area (TPSA) is 98.1 Å². The molecule has 0 spiro atoms. The van der Waals surface area contributed by atoms with Crippen LogP contribution in [0.1, 0.15) is 18.2 Å².